The lowest BCUT2D eigenvalue weighted by Crippen LogP contribution is -2.68. The van der Waals surface area contributed by atoms with E-state index < -0.39 is 17.1 Å². The summed E-state index contributed by atoms with van der Waals surface area (Å²) in [4.78, 5) is 14.7. The van der Waals surface area contributed by atoms with E-state index in [2.05, 4.69) is 11.8 Å². The molecule has 3 atom stereocenters. The van der Waals surface area contributed by atoms with E-state index in [-0.39, 0.29) is 5.78 Å². The second-order valence-corrected chi connectivity index (χ2v) is 7.10. The van der Waals surface area contributed by atoms with Gasteiger partial charge in [0, 0.05) is 12.1 Å². The van der Waals surface area contributed by atoms with Crippen LogP contribution >= 0.6 is 0 Å². The van der Waals surface area contributed by atoms with Crippen LogP contribution in [0.4, 0.5) is 0 Å². The number of ether oxygens (including phenoxy) is 2. The van der Waals surface area contributed by atoms with Crippen LogP contribution in [0.1, 0.15) is 24.5 Å². The number of carbonyl (C=O) groups excluding carboxylic acids is 1. The highest BCUT2D eigenvalue weighted by atomic mass is 16.5. The lowest BCUT2D eigenvalue weighted by molar-refractivity contribution is -0.137. The number of β-amino-alcohol motifs (C(OH)–C–C–N with tert-alkyl or cyclic N) is 1. The maximum absolute atomic E-state index is 12.6. The molecule has 4 rings (SSSR count). The molecular weight excluding hydrogens is 306 g/mol. The molecule has 1 spiro atoms. The number of carbonyl (C=O) groups is 1. The summed E-state index contributed by atoms with van der Waals surface area (Å²) in [6, 6.07) is 3.91. The number of ketones is 1. The van der Waals surface area contributed by atoms with Crippen molar-refractivity contribution in [3.05, 3.63) is 35.4 Å². The number of likely N-dealkylation sites (tertiary alicyclic amines) is 1. The smallest absolute Gasteiger partial charge is 0.196 e. The number of fused-ring (bicyclic) bond motifs is 1. The van der Waals surface area contributed by atoms with Crippen LogP contribution in [-0.2, 0) is 16.6 Å². The van der Waals surface area contributed by atoms with E-state index in [9.17, 15) is 9.90 Å². The summed E-state index contributed by atoms with van der Waals surface area (Å²) in [5.41, 5.74) is 0.211. The van der Waals surface area contributed by atoms with Crippen molar-refractivity contribution in [2.75, 3.05) is 27.2 Å². The molecule has 0 amide bonds. The molecule has 24 heavy (non-hydrogen) atoms. The third-order valence-electron chi connectivity index (χ3n) is 5.89. The van der Waals surface area contributed by atoms with E-state index in [4.69, 9.17) is 9.47 Å². The average Bonchev–Trinajstić information content (AvgIpc) is 2.93. The summed E-state index contributed by atoms with van der Waals surface area (Å²) >= 11 is 0. The average molecular weight is 329 g/mol. The summed E-state index contributed by atoms with van der Waals surface area (Å²) in [6.45, 7) is 3.38. The van der Waals surface area contributed by atoms with Gasteiger partial charge in [-0.3, -0.25) is 4.79 Å². The SMILES string of the molecule is CCc1ccc(OC)c2c1[C@]13CCN(C)C[C@]1(O)C=CC(=O)[C@@H]3O2. The van der Waals surface area contributed by atoms with E-state index in [1.807, 2.05) is 19.2 Å². The monoisotopic (exact) mass is 329 g/mol. The van der Waals surface area contributed by atoms with Gasteiger partial charge in [0.05, 0.1) is 12.5 Å². The van der Waals surface area contributed by atoms with Crippen LogP contribution in [0.5, 0.6) is 11.5 Å². The fourth-order valence-electron chi connectivity index (χ4n) is 4.74. The topological polar surface area (TPSA) is 59.0 Å². The van der Waals surface area contributed by atoms with Gasteiger partial charge in [-0.15, -0.1) is 0 Å². The highest BCUT2D eigenvalue weighted by molar-refractivity contribution is 5.98. The van der Waals surface area contributed by atoms with Crippen molar-refractivity contribution in [2.45, 2.75) is 36.9 Å². The molecule has 2 aliphatic heterocycles. The van der Waals surface area contributed by atoms with Crippen molar-refractivity contribution in [1.29, 1.82) is 0 Å². The van der Waals surface area contributed by atoms with Gasteiger partial charge < -0.3 is 19.5 Å². The van der Waals surface area contributed by atoms with Crippen molar-refractivity contribution in [1.82, 2.24) is 4.90 Å². The summed E-state index contributed by atoms with van der Waals surface area (Å²) in [6.07, 6.45) is 3.96. The first kappa shape index (κ1) is 15.7. The highest BCUT2D eigenvalue weighted by Crippen LogP contribution is 2.59. The van der Waals surface area contributed by atoms with Crippen molar-refractivity contribution in [3.63, 3.8) is 0 Å². The normalized spacial score (nSPS) is 34.3. The van der Waals surface area contributed by atoms with Gasteiger partial charge in [0.2, 0.25) is 0 Å². The summed E-state index contributed by atoms with van der Waals surface area (Å²) in [5, 5.41) is 11.6. The zero-order valence-electron chi connectivity index (χ0n) is 14.3. The molecule has 1 saturated heterocycles. The minimum atomic E-state index is -1.12. The minimum Gasteiger partial charge on any atom is -0.493 e. The van der Waals surface area contributed by atoms with Gasteiger partial charge in [-0.1, -0.05) is 13.0 Å². The van der Waals surface area contributed by atoms with Gasteiger partial charge in [-0.25, -0.2) is 0 Å². The standard InChI is InChI=1S/C19H23NO4/c1-4-12-5-6-14(23-3)16-15(12)19-9-10-20(2)11-18(19,22)8-7-13(21)17(19)24-16/h5-8,17,22H,4,9-11H2,1-3H3/t17-,18+,19-/m0/s1. The number of hydrogen-bond donors (Lipinski definition) is 1. The molecule has 3 aliphatic rings. The molecule has 128 valence electrons. The zero-order valence-corrected chi connectivity index (χ0v) is 14.3. The van der Waals surface area contributed by atoms with Crippen LogP contribution < -0.4 is 9.47 Å². The Morgan fingerprint density at radius 1 is 1.46 bits per heavy atom. The Balaban J connectivity index is 2.03. The Morgan fingerprint density at radius 2 is 2.25 bits per heavy atom. The van der Waals surface area contributed by atoms with E-state index in [1.54, 1.807) is 13.2 Å². The van der Waals surface area contributed by atoms with Crippen LogP contribution in [0.3, 0.4) is 0 Å². The lowest BCUT2D eigenvalue weighted by atomic mass is 9.57. The number of nitrogens with zero attached hydrogens (tertiary/aromatic N) is 1. The molecule has 0 bridgehead atoms. The number of hydrogen-bond acceptors (Lipinski definition) is 5. The number of aliphatic hydroxyl groups is 1. The Kier molecular flexibility index (Phi) is 3.31. The molecule has 1 aromatic carbocycles. The Bertz CT molecular complexity index is 743. The molecule has 1 fully saturated rings. The van der Waals surface area contributed by atoms with E-state index >= 15 is 0 Å². The molecule has 5 heteroatoms. The zero-order chi connectivity index (χ0) is 17.1. The Labute approximate surface area is 141 Å². The summed E-state index contributed by atoms with van der Waals surface area (Å²) in [7, 11) is 3.60. The molecular formula is C19H23NO4. The van der Waals surface area contributed by atoms with Crippen molar-refractivity contribution >= 4 is 5.78 Å². The Hall–Kier alpha value is -1.85. The van der Waals surface area contributed by atoms with Gasteiger partial charge in [0.25, 0.3) is 0 Å². The summed E-state index contributed by atoms with van der Waals surface area (Å²) < 4.78 is 11.6. The van der Waals surface area contributed by atoms with E-state index in [0.29, 0.717) is 24.5 Å². The highest BCUT2D eigenvalue weighted by Gasteiger charge is 2.66. The van der Waals surface area contributed by atoms with Crippen molar-refractivity contribution in [3.8, 4) is 11.5 Å². The van der Waals surface area contributed by atoms with Crippen LogP contribution in [0.15, 0.2) is 24.3 Å². The van der Waals surface area contributed by atoms with E-state index in [1.165, 1.54) is 6.08 Å². The third kappa shape index (κ3) is 1.74. The minimum absolute atomic E-state index is 0.0791. The fraction of sp³-hybridized carbons (Fsp3) is 0.526. The van der Waals surface area contributed by atoms with Crippen molar-refractivity contribution < 1.29 is 19.4 Å². The number of likely N-dealkylation sites (N-methyl/N-ethyl adjacent to an activating group) is 1. The number of piperidine rings is 1. The number of benzene rings is 1. The summed E-state index contributed by atoms with van der Waals surface area (Å²) in [5.74, 6) is 1.17. The molecule has 1 N–H and O–H groups in total. The fourth-order valence-corrected chi connectivity index (χ4v) is 4.74. The molecule has 0 unspecified atom stereocenters. The van der Waals surface area contributed by atoms with Crippen LogP contribution in [0.2, 0.25) is 0 Å². The van der Waals surface area contributed by atoms with Gasteiger partial charge in [0.15, 0.2) is 23.4 Å². The molecule has 0 radical (unpaired) electrons. The van der Waals surface area contributed by atoms with Gasteiger partial charge in [-0.2, -0.15) is 0 Å². The molecule has 1 aliphatic carbocycles. The largest absolute Gasteiger partial charge is 0.493 e. The molecule has 1 aromatic rings. The maximum atomic E-state index is 12.6. The molecule has 5 nitrogen and oxygen atoms in total. The quantitative estimate of drug-likeness (QED) is 0.890. The number of rotatable bonds is 2. The van der Waals surface area contributed by atoms with Crippen molar-refractivity contribution in [2.24, 2.45) is 0 Å². The number of methoxy groups -OCH3 is 1. The van der Waals surface area contributed by atoms with Gasteiger partial charge in [-0.05, 0) is 50.2 Å². The third-order valence-corrected chi connectivity index (χ3v) is 5.89. The first-order chi connectivity index (χ1) is 11.5. The van der Waals surface area contributed by atoms with Gasteiger partial charge >= 0.3 is 0 Å². The predicted octanol–water partition coefficient (Wildman–Crippen LogP) is 1.46. The molecule has 2 heterocycles. The first-order valence-corrected chi connectivity index (χ1v) is 8.48. The molecule has 0 saturated carbocycles. The van der Waals surface area contributed by atoms with Crippen LogP contribution in [0.25, 0.3) is 0 Å². The molecule has 0 aromatic heterocycles. The van der Waals surface area contributed by atoms with Gasteiger partial charge in [0.1, 0.15) is 5.60 Å². The predicted molar refractivity (Wildman–Crippen MR) is 89.7 cm³/mol. The lowest BCUT2D eigenvalue weighted by Gasteiger charge is -2.53. The van der Waals surface area contributed by atoms with E-state index in [0.717, 1.165) is 24.1 Å². The number of aryl methyl sites for hydroxylation is 1. The maximum Gasteiger partial charge on any atom is 0.196 e. The first-order valence-electron chi connectivity index (χ1n) is 8.48. The second-order valence-electron chi connectivity index (χ2n) is 7.10. The Morgan fingerprint density at radius 3 is 2.96 bits per heavy atom. The van der Waals surface area contributed by atoms with Crippen LogP contribution in [0, 0.1) is 0 Å². The van der Waals surface area contributed by atoms with Crippen LogP contribution in [-0.4, -0.2) is 54.7 Å². The second kappa shape index (κ2) is 5.07.